The van der Waals surface area contributed by atoms with Crippen LogP contribution in [-0.2, 0) is 9.47 Å². The Bertz CT molecular complexity index is 717. The molecule has 0 spiro atoms. The average molecular weight is 321 g/mol. The second-order valence-electron chi connectivity index (χ2n) is 5.67. The molecule has 0 atom stereocenters. The molecule has 0 radical (unpaired) electrons. The lowest BCUT2D eigenvalue weighted by atomic mass is 10.2. The molecule has 2 aromatic rings. The number of carbonyl (C=O) groups excluding carboxylic acids is 2. The van der Waals surface area contributed by atoms with E-state index in [-0.39, 0.29) is 12.5 Å². The van der Waals surface area contributed by atoms with Gasteiger partial charge in [-0.25, -0.2) is 14.6 Å². The number of fused-ring (bicyclic) bond motifs is 1. The third kappa shape index (κ3) is 4.87. The van der Waals surface area contributed by atoms with Crippen molar-refractivity contribution in [1.29, 1.82) is 0 Å². The van der Waals surface area contributed by atoms with Gasteiger partial charge in [-0.15, -0.1) is 0 Å². The predicted octanol–water partition coefficient (Wildman–Crippen LogP) is 3.45. The van der Waals surface area contributed by atoms with Crippen LogP contribution in [0.25, 0.3) is 11.0 Å². The van der Waals surface area contributed by atoms with Crippen LogP contribution in [0.4, 0.5) is 15.4 Å². The lowest BCUT2D eigenvalue weighted by molar-refractivity contribution is 0.0635. The Morgan fingerprint density at radius 1 is 1.30 bits per heavy atom. The van der Waals surface area contributed by atoms with E-state index in [9.17, 15) is 9.59 Å². The minimum atomic E-state index is -0.800. The van der Waals surface area contributed by atoms with Crippen molar-refractivity contribution in [3.05, 3.63) is 18.2 Å². The van der Waals surface area contributed by atoms with Crippen molar-refractivity contribution >= 4 is 29.1 Å². The smallest absolute Gasteiger partial charge is 0.444 e. The first kappa shape index (κ1) is 16.6. The Morgan fingerprint density at radius 2 is 2.04 bits per heavy atom. The zero-order valence-corrected chi connectivity index (χ0v) is 13.4. The van der Waals surface area contributed by atoms with Crippen molar-refractivity contribution in [3.8, 4) is 5.88 Å². The predicted molar refractivity (Wildman–Crippen MR) is 83.6 cm³/mol. The maximum atomic E-state index is 11.7. The highest BCUT2D eigenvalue weighted by atomic mass is 16.7. The fourth-order valence-corrected chi connectivity index (χ4v) is 1.75. The van der Waals surface area contributed by atoms with Gasteiger partial charge in [0, 0.05) is 6.07 Å². The summed E-state index contributed by atoms with van der Waals surface area (Å²) < 4.78 is 14.8. The van der Waals surface area contributed by atoms with Crippen molar-refractivity contribution in [2.45, 2.75) is 33.3 Å². The number of aromatic nitrogens is 2. The van der Waals surface area contributed by atoms with Crippen LogP contribution in [0.1, 0.15) is 27.7 Å². The quantitative estimate of drug-likeness (QED) is 0.839. The van der Waals surface area contributed by atoms with Gasteiger partial charge < -0.3 is 19.2 Å². The summed E-state index contributed by atoms with van der Waals surface area (Å²) in [6, 6.07) is 4.84. The van der Waals surface area contributed by atoms with Gasteiger partial charge in [-0.3, -0.25) is 5.32 Å². The molecular weight excluding hydrogens is 302 g/mol. The van der Waals surface area contributed by atoms with Gasteiger partial charge in [0.25, 0.3) is 0 Å². The minimum Gasteiger partial charge on any atom is -0.444 e. The van der Waals surface area contributed by atoms with Crippen molar-refractivity contribution in [1.82, 2.24) is 9.97 Å². The monoisotopic (exact) mass is 321 g/mol. The molecule has 0 aliphatic carbocycles. The second kappa shape index (κ2) is 6.55. The number of ether oxygens (including phenoxy) is 3. The van der Waals surface area contributed by atoms with E-state index in [4.69, 9.17) is 9.47 Å². The van der Waals surface area contributed by atoms with Crippen molar-refractivity contribution in [3.63, 3.8) is 0 Å². The summed E-state index contributed by atoms with van der Waals surface area (Å²) in [6.07, 6.45) is -1.39. The number of amides is 1. The third-order valence-electron chi connectivity index (χ3n) is 2.53. The Hall–Kier alpha value is -2.77. The van der Waals surface area contributed by atoms with Gasteiger partial charge in [0.1, 0.15) is 11.4 Å². The number of nitrogens with one attached hydrogen (secondary N) is 2. The van der Waals surface area contributed by atoms with Crippen LogP contribution >= 0.6 is 0 Å². The van der Waals surface area contributed by atoms with Gasteiger partial charge >= 0.3 is 12.2 Å². The number of hydrogen-bond acceptors (Lipinski definition) is 6. The lowest BCUT2D eigenvalue weighted by Gasteiger charge is -2.19. The molecule has 8 nitrogen and oxygen atoms in total. The lowest BCUT2D eigenvalue weighted by Crippen LogP contribution is -2.27. The molecule has 0 saturated heterocycles. The highest BCUT2D eigenvalue weighted by molar-refractivity contribution is 5.87. The Balaban J connectivity index is 2.10. The van der Waals surface area contributed by atoms with E-state index in [2.05, 4.69) is 20.0 Å². The van der Waals surface area contributed by atoms with Crippen molar-refractivity contribution in [2.75, 3.05) is 11.9 Å². The maximum Gasteiger partial charge on any atom is 0.515 e. The average Bonchev–Trinajstić information content (AvgIpc) is 2.77. The number of aromatic amines is 1. The van der Waals surface area contributed by atoms with Gasteiger partial charge in [0.2, 0.25) is 5.88 Å². The summed E-state index contributed by atoms with van der Waals surface area (Å²) in [5.74, 6) is 0.536. The summed E-state index contributed by atoms with van der Waals surface area (Å²) in [7, 11) is 0. The van der Waals surface area contributed by atoms with Crippen LogP contribution < -0.4 is 10.1 Å². The van der Waals surface area contributed by atoms with Gasteiger partial charge in [-0.05, 0) is 39.8 Å². The number of hydrogen-bond donors (Lipinski definition) is 2. The molecule has 0 aliphatic heterocycles. The summed E-state index contributed by atoms with van der Waals surface area (Å²) in [5.41, 5.74) is 0.583. The summed E-state index contributed by atoms with van der Waals surface area (Å²) >= 11 is 0. The van der Waals surface area contributed by atoms with Crippen LogP contribution in [0.15, 0.2) is 18.2 Å². The summed E-state index contributed by atoms with van der Waals surface area (Å²) in [6.45, 7) is 7.22. The summed E-state index contributed by atoms with van der Waals surface area (Å²) in [4.78, 5) is 30.1. The minimum absolute atomic E-state index is 0.209. The van der Waals surface area contributed by atoms with Crippen LogP contribution in [-0.4, -0.2) is 34.4 Å². The van der Waals surface area contributed by atoms with E-state index in [0.29, 0.717) is 16.9 Å². The Kier molecular flexibility index (Phi) is 4.73. The SMILES string of the molecule is CCOC(=O)Oc1cc2nc(NC(=O)OC(C)(C)C)ccc2[nH]1. The molecule has 0 aromatic carbocycles. The van der Waals surface area contributed by atoms with Crippen LogP contribution in [0.2, 0.25) is 0 Å². The number of anilines is 1. The number of carbonyl (C=O) groups is 2. The Morgan fingerprint density at radius 3 is 2.70 bits per heavy atom. The molecule has 2 rings (SSSR count). The first-order chi connectivity index (χ1) is 10.8. The fourth-order valence-electron chi connectivity index (χ4n) is 1.75. The molecular formula is C15H19N3O5. The van der Waals surface area contributed by atoms with Crippen molar-refractivity contribution < 1.29 is 23.8 Å². The van der Waals surface area contributed by atoms with Gasteiger partial charge in [-0.2, -0.15) is 0 Å². The van der Waals surface area contributed by atoms with Gasteiger partial charge in [0.15, 0.2) is 0 Å². The summed E-state index contributed by atoms with van der Waals surface area (Å²) in [5, 5.41) is 2.54. The standard InChI is InChI=1S/C15H19N3O5/c1-5-21-14(20)22-12-8-10-9(17-12)6-7-11(16-10)18-13(19)23-15(2,3)4/h6-8,17H,5H2,1-4H3,(H,16,18,19). The molecule has 0 fully saturated rings. The molecule has 0 bridgehead atoms. The third-order valence-corrected chi connectivity index (χ3v) is 2.53. The number of rotatable bonds is 3. The fraction of sp³-hybridized carbons (Fsp3) is 0.400. The highest BCUT2D eigenvalue weighted by Crippen LogP contribution is 2.21. The van der Waals surface area contributed by atoms with Gasteiger partial charge in [-0.1, -0.05) is 0 Å². The van der Waals surface area contributed by atoms with Crippen LogP contribution in [0.3, 0.4) is 0 Å². The normalized spacial score (nSPS) is 11.1. The van der Waals surface area contributed by atoms with Crippen molar-refractivity contribution in [2.24, 2.45) is 0 Å². The Labute approximate surface area is 133 Å². The number of nitrogens with zero attached hydrogens (tertiary/aromatic N) is 1. The highest BCUT2D eigenvalue weighted by Gasteiger charge is 2.17. The molecule has 0 saturated carbocycles. The zero-order valence-electron chi connectivity index (χ0n) is 13.4. The number of H-pyrrole nitrogens is 1. The van der Waals surface area contributed by atoms with Crippen LogP contribution in [0, 0.1) is 0 Å². The molecule has 23 heavy (non-hydrogen) atoms. The molecule has 0 unspecified atom stereocenters. The molecule has 8 heteroatoms. The second-order valence-corrected chi connectivity index (χ2v) is 5.67. The van der Waals surface area contributed by atoms with E-state index in [1.165, 1.54) is 6.07 Å². The van der Waals surface area contributed by atoms with E-state index < -0.39 is 17.8 Å². The van der Waals surface area contributed by atoms with E-state index in [1.807, 2.05) is 0 Å². The molecule has 0 aliphatic rings. The number of pyridine rings is 1. The molecule has 2 heterocycles. The molecule has 2 aromatic heterocycles. The van der Waals surface area contributed by atoms with Gasteiger partial charge in [0.05, 0.1) is 17.6 Å². The van der Waals surface area contributed by atoms with E-state index in [1.54, 1.807) is 39.8 Å². The largest absolute Gasteiger partial charge is 0.515 e. The first-order valence-electron chi connectivity index (χ1n) is 7.11. The van der Waals surface area contributed by atoms with Crippen LogP contribution in [0.5, 0.6) is 5.88 Å². The molecule has 124 valence electrons. The zero-order chi connectivity index (χ0) is 17.0. The first-order valence-corrected chi connectivity index (χ1v) is 7.11. The van der Waals surface area contributed by atoms with E-state index in [0.717, 1.165) is 0 Å². The van der Waals surface area contributed by atoms with E-state index >= 15 is 0 Å². The molecule has 1 amide bonds. The topological polar surface area (TPSA) is 103 Å². The molecule has 2 N–H and O–H groups in total. The maximum absolute atomic E-state index is 11.7.